The van der Waals surface area contributed by atoms with E-state index in [-0.39, 0.29) is 24.0 Å². The summed E-state index contributed by atoms with van der Waals surface area (Å²) in [5.74, 6) is 2.70. The Bertz CT molecular complexity index is 922. The van der Waals surface area contributed by atoms with Crippen LogP contribution in [0.25, 0.3) is 0 Å². The van der Waals surface area contributed by atoms with Gasteiger partial charge in [0.15, 0.2) is 5.96 Å². The number of benzene rings is 1. The maximum atomic E-state index is 5.45. The summed E-state index contributed by atoms with van der Waals surface area (Å²) in [7, 11) is 1.68. The van der Waals surface area contributed by atoms with Crippen LogP contribution in [0.15, 0.2) is 69.6 Å². The number of guanidine groups is 1. The number of piperidine rings is 1. The van der Waals surface area contributed by atoms with Crippen molar-refractivity contribution in [3.63, 3.8) is 0 Å². The predicted molar refractivity (Wildman–Crippen MR) is 143 cm³/mol. The molecule has 1 saturated heterocycles. The van der Waals surface area contributed by atoms with E-state index in [4.69, 9.17) is 14.1 Å². The Morgan fingerprint density at radius 1 is 1.16 bits per heavy atom. The third kappa shape index (κ3) is 7.16. The molecule has 1 aliphatic rings. The van der Waals surface area contributed by atoms with E-state index in [9.17, 15) is 0 Å². The summed E-state index contributed by atoms with van der Waals surface area (Å²) in [5, 5.41) is 10.6. The lowest BCUT2D eigenvalue weighted by molar-refractivity contribution is 0.414. The molecule has 4 rings (SSSR count). The van der Waals surface area contributed by atoms with E-state index in [0.717, 1.165) is 61.9 Å². The zero-order valence-electron chi connectivity index (χ0n) is 18.3. The van der Waals surface area contributed by atoms with Crippen molar-refractivity contribution < 1.29 is 9.15 Å². The monoisotopic (exact) mass is 566 g/mol. The molecule has 6 nitrogen and oxygen atoms in total. The second kappa shape index (κ2) is 12.7. The van der Waals surface area contributed by atoms with Crippen LogP contribution in [0, 0.1) is 0 Å². The summed E-state index contributed by atoms with van der Waals surface area (Å²) in [6, 6.07) is 16.7. The van der Waals surface area contributed by atoms with Gasteiger partial charge in [-0.1, -0.05) is 12.1 Å². The zero-order valence-corrected chi connectivity index (χ0v) is 21.5. The molecule has 0 aliphatic carbocycles. The average molecular weight is 567 g/mol. The van der Waals surface area contributed by atoms with Gasteiger partial charge in [-0.3, -0.25) is 0 Å². The van der Waals surface area contributed by atoms with Gasteiger partial charge in [0.1, 0.15) is 11.5 Å². The van der Waals surface area contributed by atoms with Gasteiger partial charge in [0.2, 0.25) is 0 Å². The SMILES string of the molecule is COc1ccc(CN=C(NCCc2ccco2)NC2CCN(c3cccs3)CC2)cc1.I. The van der Waals surface area contributed by atoms with Crippen LogP contribution in [0.5, 0.6) is 5.75 Å². The summed E-state index contributed by atoms with van der Waals surface area (Å²) in [4.78, 5) is 7.32. The fourth-order valence-electron chi connectivity index (χ4n) is 3.70. The minimum absolute atomic E-state index is 0. The number of rotatable bonds is 8. The van der Waals surface area contributed by atoms with Crippen LogP contribution in [0.4, 0.5) is 5.00 Å². The number of furan rings is 1. The molecular formula is C24H31IN4O2S. The van der Waals surface area contributed by atoms with Crippen LogP contribution in [-0.2, 0) is 13.0 Å². The Morgan fingerprint density at radius 2 is 1.97 bits per heavy atom. The first-order chi connectivity index (χ1) is 15.3. The highest BCUT2D eigenvalue weighted by atomic mass is 127. The Kier molecular flexibility index (Phi) is 9.73. The molecule has 172 valence electrons. The fourth-order valence-corrected chi connectivity index (χ4v) is 4.49. The van der Waals surface area contributed by atoms with Gasteiger partial charge in [-0.2, -0.15) is 0 Å². The summed E-state index contributed by atoms with van der Waals surface area (Å²) in [5.41, 5.74) is 1.15. The average Bonchev–Trinajstić information content (AvgIpc) is 3.53. The van der Waals surface area contributed by atoms with Crippen LogP contribution < -0.4 is 20.3 Å². The lowest BCUT2D eigenvalue weighted by Crippen LogP contribution is -2.49. The maximum Gasteiger partial charge on any atom is 0.191 e. The largest absolute Gasteiger partial charge is 0.497 e. The van der Waals surface area contributed by atoms with Crippen molar-refractivity contribution in [2.75, 3.05) is 31.6 Å². The number of nitrogens with zero attached hydrogens (tertiary/aromatic N) is 2. The molecule has 2 aromatic heterocycles. The Labute approximate surface area is 211 Å². The van der Waals surface area contributed by atoms with Gasteiger partial charge in [0, 0.05) is 32.1 Å². The van der Waals surface area contributed by atoms with Gasteiger partial charge < -0.3 is 24.7 Å². The molecule has 0 saturated carbocycles. The first-order valence-corrected chi connectivity index (χ1v) is 11.7. The van der Waals surface area contributed by atoms with Crippen molar-refractivity contribution in [2.45, 2.75) is 31.8 Å². The van der Waals surface area contributed by atoms with E-state index >= 15 is 0 Å². The third-order valence-corrected chi connectivity index (χ3v) is 6.41. The molecule has 1 aromatic carbocycles. The van der Waals surface area contributed by atoms with E-state index in [1.54, 1.807) is 13.4 Å². The van der Waals surface area contributed by atoms with Gasteiger partial charge in [-0.25, -0.2) is 4.99 Å². The number of thiophene rings is 1. The number of ether oxygens (including phenoxy) is 1. The molecule has 0 amide bonds. The predicted octanol–water partition coefficient (Wildman–Crippen LogP) is 4.91. The molecule has 32 heavy (non-hydrogen) atoms. The fraction of sp³-hybridized carbons (Fsp3) is 0.375. The first kappa shape index (κ1) is 24.4. The number of hydrogen-bond acceptors (Lipinski definition) is 5. The molecule has 0 radical (unpaired) electrons. The summed E-state index contributed by atoms with van der Waals surface area (Å²) < 4.78 is 10.7. The van der Waals surface area contributed by atoms with Crippen molar-refractivity contribution in [1.29, 1.82) is 0 Å². The van der Waals surface area contributed by atoms with Crippen LogP contribution in [0.1, 0.15) is 24.2 Å². The molecule has 0 atom stereocenters. The van der Waals surface area contributed by atoms with Crippen LogP contribution in [0.2, 0.25) is 0 Å². The standard InChI is InChI=1S/C24H30N4O2S.HI/c1-29-21-8-6-19(7-9-21)18-26-24(25-13-10-22-4-2-16-30-22)27-20-11-14-28(15-12-20)23-5-3-17-31-23;/h2-9,16-17,20H,10-15,18H2,1H3,(H2,25,26,27);1H. The van der Waals surface area contributed by atoms with Gasteiger partial charge in [-0.15, -0.1) is 35.3 Å². The quantitative estimate of drug-likeness (QED) is 0.231. The van der Waals surface area contributed by atoms with Crippen molar-refractivity contribution in [3.05, 3.63) is 71.5 Å². The molecule has 0 spiro atoms. The summed E-state index contributed by atoms with van der Waals surface area (Å²) >= 11 is 1.81. The van der Waals surface area contributed by atoms with Crippen molar-refractivity contribution in [2.24, 2.45) is 4.99 Å². The van der Waals surface area contributed by atoms with E-state index < -0.39 is 0 Å². The zero-order chi connectivity index (χ0) is 21.3. The van der Waals surface area contributed by atoms with Gasteiger partial charge in [-0.05, 0) is 60.2 Å². The number of aliphatic imine (C=N–C) groups is 1. The van der Waals surface area contributed by atoms with Gasteiger partial charge >= 0.3 is 0 Å². The van der Waals surface area contributed by atoms with E-state index in [2.05, 4.69) is 45.2 Å². The minimum atomic E-state index is 0. The van der Waals surface area contributed by atoms with E-state index in [1.165, 1.54) is 5.00 Å². The Hall–Kier alpha value is -2.20. The second-order valence-corrected chi connectivity index (χ2v) is 8.55. The molecule has 0 unspecified atom stereocenters. The minimum Gasteiger partial charge on any atom is -0.497 e. The van der Waals surface area contributed by atoms with Crippen LogP contribution in [0.3, 0.4) is 0 Å². The third-order valence-electron chi connectivity index (χ3n) is 5.48. The van der Waals surface area contributed by atoms with E-state index in [1.807, 2.05) is 35.6 Å². The molecule has 8 heteroatoms. The summed E-state index contributed by atoms with van der Waals surface area (Å²) in [6.45, 7) is 3.52. The van der Waals surface area contributed by atoms with Crippen molar-refractivity contribution in [3.8, 4) is 5.75 Å². The smallest absolute Gasteiger partial charge is 0.191 e. The molecular weight excluding hydrogens is 535 g/mol. The number of methoxy groups -OCH3 is 1. The highest BCUT2D eigenvalue weighted by molar-refractivity contribution is 14.0. The molecule has 1 fully saturated rings. The maximum absolute atomic E-state index is 5.45. The van der Waals surface area contributed by atoms with E-state index in [0.29, 0.717) is 12.6 Å². The molecule has 0 bridgehead atoms. The highest BCUT2D eigenvalue weighted by Crippen LogP contribution is 2.24. The topological polar surface area (TPSA) is 62.0 Å². The van der Waals surface area contributed by atoms with Crippen molar-refractivity contribution >= 4 is 46.3 Å². The molecule has 3 aromatic rings. The first-order valence-electron chi connectivity index (χ1n) is 10.8. The van der Waals surface area contributed by atoms with Crippen molar-refractivity contribution in [1.82, 2.24) is 10.6 Å². The van der Waals surface area contributed by atoms with Gasteiger partial charge in [0.05, 0.1) is 24.9 Å². The van der Waals surface area contributed by atoms with Gasteiger partial charge in [0.25, 0.3) is 0 Å². The number of anilines is 1. The normalized spacial score (nSPS) is 14.7. The van der Waals surface area contributed by atoms with Crippen LogP contribution in [-0.4, -0.2) is 38.7 Å². The summed E-state index contributed by atoms with van der Waals surface area (Å²) in [6.07, 6.45) is 4.74. The molecule has 3 heterocycles. The lowest BCUT2D eigenvalue weighted by Gasteiger charge is -2.33. The van der Waals surface area contributed by atoms with Crippen LogP contribution >= 0.6 is 35.3 Å². The number of hydrogen-bond donors (Lipinski definition) is 2. The Morgan fingerprint density at radius 3 is 2.62 bits per heavy atom. The number of halogens is 1. The Balaban J connectivity index is 0.00000289. The second-order valence-electron chi connectivity index (χ2n) is 7.63. The molecule has 1 aliphatic heterocycles. The highest BCUT2D eigenvalue weighted by Gasteiger charge is 2.20. The lowest BCUT2D eigenvalue weighted by atomic mass is 10.1. The molecule has 2 N–H and O–H groups in total. The number of nitrogens with one attached hydrogen (secondary N) is 2.